The highest BCUT2D eigenvalue weighted by Gasteiger charge is 2.30. The van der Waals surface area contributed by atoms with E-state index in [0.29, 0.717) is 25.5 Å². The minimum atomic E-state index is 0.0242. The number of carbonyl (C=O) groups is 1. The first-order valence-corrected chi connectivity index (χ1v) is 7.29. The van der Waals surface area contributed by atoms with Crippen LogP contribution in [0.5, 0.6) is 5.75 Å². The third kappa shape index (κ3) is 4.23. The van der Waals surface area contributed by atoms with Crippen molar-refractivity contribution >= 4 is 5.91 Å². The van der Waals surface area contributed by atoms with Crippen LogP contribution >= 0.6 is 0 Å². The zero-order chi connectivity index (χ0) is 14.5. The van der Waals surface area contributed by atoms with E-state index in [0.717, 1.165) is 5.75 Å². The molecule has 2 rings (SSSR count). The quantitative estimate of drug-likeness (QED) is 0.799. The van der Waals surface area contributed by atoms with Gasteiger partial charge in [0.15, 0.2) is 0 Å². The molecular weight excluding hydrogens is 252 g/mol. The van der Waals surface area contributed by atoms with E-state index >= 15 is 0 Å². The van der Waals surface area contributed by atoms with Crippen molar-refractivity contribution in [3.8, 4) is 5.75 Å². The second-order valence-electron chi connectivity index (χ2n) is 5.59. The van der Waals surface area contributed by atoms with Gasteiger partial charge in [-0.05, 0) is 55.9 Å². The summed E-state index contributed by atoms with van der Waals surface area (Å²) in [6, 6.07) is 6.11. The van der Waals surface area contributed by atoms with Crippen LogP contribution in [0.15, 0.2) is 18.2 Å². The summed E-state index contributed by atoms with van der Waals surface area (Å²) in [5.41, 5.74) is 8.11. The maximum atomic E-state index is 11.8. The zero-order valence-corrected chi connectivity index (χ0v) is 12.3. The van der Waals surface area contributed by atoms with E-state index in [2.05, 4.69) is 19.2 Å². The van der Waals surface area contributed by atoms with Crippen LogP contribution in [0.2, 0.25) is 0 Å². The smallest absolute Gasteiger partial charge is 0.223 e. The van der Waals surface area contributed by atoms with Crippen molar-refractivity contribution < 1.29 is 9.53 Å². The summed E-state index contributed by atoms with van der Waals surface area (Å²) in [5.74, 6) is 1.43. The van der Waals surface area contributed by atoms with E-state index < -0.39 is 0 Å². The number of nitrogens with one attached hydrogen (secondary N) is 1. The lowest BCUT2D eigenvalue weighted by atomic mass is 10.1. The Hall–Kier alpha value is -1.55. The molecule has 1 atom stereocenters. The van der Waals surface area contributed by atoms with Gasteiger partial charge in [-0.1, -0.05) is 6.07 Å². The first kappa shape index (κ1) is 14.9. The van der Waals surface area contributed by atoms with Crippen LogP contribution in [-0.4, -0.2) is 25.1 Å². The average molecular weight is 276 g/mol. The molecular formula is C16H24N2O2. The molecule has 1 fully saturated rings. The van der Waals surface area contributed by atoms with Gasteiger partial charge in [-0.2, -0.15) is 0 Å². The first-order chi connectivity index (χ1) is 9.60. The minimum Gasteiger partial charge on any atom is -0.493 e. The highest BCUT2D eigenvalue weighted by atomic mass is 16.5. The van der Waals surface area contributed by atoms with Crippen molar-refractivity contribution in [2.24, 2.45) is 11.7 Å². The van der Waals surface area contributed by atoms with Crippen LogP contribution in [0.3, 0.4) is 0 Å². The highest BCUT2D eigenvalue weighted by molar-refractivity contribution is 5.76. The molecule has 0 aliphatic heterocycles. The number of rotatable bonds is 7. The number of nitrogens with two attached hydrogens (primary N) is 1. The van der Waals surface area contributed by atoms with Crippen LogP contribution in [-0.2, 0) is 4.79 Å². The average Bonchev–Trinajstić information content (AvgIpc) is 3.24. The number of carbonyl (C=O) groups excluding carboxylic acids is 1. The lowest BCUT2D eigenvalue weighted by Crippen LogP contribution is -2.42. The monoisotopic (exact) mass is 276 g/mol. The Morgan fingerprint density at radius 3 is 2.75 bits per heavy atom. The largest absolute Gasteiger partial charge is 0.493 e. The fourth-order valence-corrected chi connectivity index (χ4v) is 2.21. The van der Waals surface area contributed by atoms with E-state index in [1.807, 2.05) is 18.2 Å². The van der Waals surface area contributed by atoms with Gasteiger partial charge in [-0.15, -0.1) is 0 Å². The van der Waals surface area contributed by atoms with Crippen LogP contribution in [0.4, 0.5) is 0 Å². The van der Waals surface area contributed by atoms with Crippen molar-refractivity contribution in [1.29, 1.82) is 0 Å². The minimum absolute atomic E-state index is 0.0242. The maximum absolute atomic E-state index is 11.8. The van der Waals surface area contributed by atoms with Crippen molar-refractivity contribution in [1.82, 2.24) is 5.32 Å². The Labute approximate surface area is 120 Å². The molecule has 1 aliphatic rings. The number of hydrogen-bond donors (Lipinski definition) is 2. The fraction of sp³-hybridized carbons (Fsp3) is 0.562. The second kappa shape index (κ2) is 6.75. The van der Waals surface area contributed by atoms with Crippen molar-refractivity contribution in [3.05, 3.63) is 29.3 Å². The molecule has 0 heterocycles. The number of benzene rings is 1. The molecule has 0 aromatic heterocycles. The standard InChI is InChI=1S/C16H24N2O2/c1-11-3-6-14(9-12(11)2)20-8-7-16(19)18-15(10-17)13-4-5-13/h3,6,9,13,15H,4-5,7-8,10,17H2,1-2H3,(H,18,19). The summed E-state index contributed by atoms with van der Waals surface area (Å²) in [6.07, 6.45) is 2.73. The third-order valence-electron chi connectivity index (χ3n) is 3.87. The summed E-state index contributed by atoms with van der Waals surface area (Å²) in [7, 11) is 0. The molecule has 4 heteroatoms. The zero-order valence-electron chi connectivity index (χ0n) is 12.3. The van der Waals surface area contributed by atoms with Crippen molar-refractivity contribution in [2.75, 3.05) is 13.2 Å². The molecule has 0 saturated heterocycles. The molecule has 1 amide bonds. The van der Waals surface area contributed by atoms with Gasteiger partial charge in [-0.25, -0.2) is 0 Å². The van der Waals surface area contributed by atoms with Crippen LogP contribution in [0.25, 0.3) is 0 Å². The summed E-state index contributed by atoms with van der Waals surface area (Å²) in [5, 5.41) is 2.99. The molecule has 1 saturated carbocycles. The summed E-state index contributed by atoms with van der Waals surface area (Å²) < 4.78 is 5.61. The Kier molecular flexibility index (Phi) is 5.01. The molecule has 4 nitrogen and oxygen atoms in total. The molecule has 110 valence electrons. The number of hydrogen-bond acceptors (Lipinski definition) is 3. The Balaban J connectivity index is 1.71. The Morgan fingerprint density at radius 2 is 2.15 bits per heavy atom. The fourth-order valence-electron chi connectivity index (χ4n) is 2.21. The van der Waals surface area contributed by atoms with Gasteiger partial charge < -0.3 is 15.8 Å². The number of amides is 1. The van der Waals surface area contributed by atoms with Gasteiger partial charge in [0.25, 0.3) is 0 Å². The molecule has 3 N–H and O–H groups in total. The topological polar surface area (TPSA) is 64.3 Å². The molecule has 1 aromatic carbocycles. The maximum Gasteiger partial charge on any atom is 0.223 e. The van der Waals surface area contributed by atoms with Gasteiger partial charge in [0.05, 0.1) is 13.0 Å². The molecule has 1 unspecified atom stereocenters. The van der Waals surface area contributed by atoms with Gasteiger partial charge in [0.2, 0.25) is 5.91 Å². The molecule has 1 aliphatic carbocycles. The van der Waals surface area contributed by atoms with Crippen LogP contribution in [0, 0.1) is 19.8 Å². The lowest BCUT2D eigenvalue weighted by molar-refractivity contribution is -0.122. The molecule has 20 heavy (non-hydrogen) atoms. The van der Waals surface area contributed by atoms with Crippen molar-refractivity contribution in [3.63, 3.8) is 0 Å². The SMILES string of the molecule is Cc1ccc(OCCC(=O)NC(CN)C2CC2)cc1C. The van der Waals surface area contributed by atoms with Gasteiger partial charge in [0.1, 0.15) is 5.75 Å². The predicted molar refractivity (Wildman–Crippen MR) is 79.7 cm³/mol. The van der Waals surface area contributed by atoms with E-state index in [-0.39, 0.29) is 11.9 Å². The van der Waals surface area contributed by atoms with Gasteiger partial charge in [-0.3, -0.25) is 4.79 Å². The highest BCUT2D eigenvalue weighted by Crippen LogP contribution is 2.32. The Bertz CT molecular complexity index is 470. The second-order valence-corrected chi connectivity index (χ2v) is 5.59. The van der Waals surface area contributed by atoms with Crippen LogP contribution in [0.1, 0.15) is 30.4 Å². The van der Waals surface area contributed by atoms with E-state index in [4.69, 9.17) is 10.5 Å². The number of aryl methyl sites for hydroxylation is 2. The number of ether oxygens (including phenoxy) is 1. The van der Waals surface area contributed by atoms with Crippen LogP contribution < -0.4 is 15.8 Å². The molecule has 0 radical (unpaired) electrons. The molecule has 1 aromatic rings. The van der Waals surface area contributed by atoms with Gasteiger partial charge in [0, 0.05) is 12.6 Å². The molecule has 0 bridgehead atoms. The summed E-state index contributed by atoms with van der Waals surface area (Å²) in [6.45, 7) is 5.04. The summed E-state index contributed by atoms with van der Waals surface area (Å²) >= 11 is 0. The Morgan fingerprint density at radius 1 is 1.40 bits per heavy atom. The van der Waals surface area contributed by atoms with E-state index in [1.54, 1.807) is 0 Å². The van der Waals surface area contributed by atoms with Gasteiger partial charge >= 0.3 is 0 Å². The predicted octanol–water partition coefficient (Wildman–Crippen LogP) is 1.93. The first-order valence-electron chi connectivity index (χ1n) is 7.29. The van der Waals surface area contributed by atoms with E-state index in [1.165, 1.54) is 24.0 Å². The summed E-state index contributed by atoms with van der Waals surface area (Å²) in [4.78, 5) is 11.8. The normalized spacial score (nSPS) is 15.8. The third-order valence-corrected chi connectivity index (χ3v) is 3.87. The van der Waals surface area contributed by atoms with E-state index in [9.17, 15) is 4.79 Å². The van der Waals surface area contributed by atoms with Crippen molar-refractivity contribution in [2.45, 2.75) is 39.2 Å². The lowest BCUT2D eigenvalue weighted by Gasteiger charge is -2.16. The molecule has 0 spiro atoms.